The lowest BCUT2D eigenvalue weighted by Crippen LogP contribution is -2.27. The Kier molecular flexibility index (Phi) is 4.15. The normalized spacial score (nSPS) is 12.7. The number of ether oxygens (including phenoxy) is 1. The van der Waals surface area contributed by atoms with Crippen molar-refractivity contribution in [1.29, 1.82) is 0 Å². The minimum atomic E-state index is -0.0984. The smallest absolute Gasteiger partial charge is 0.125 e. The summed E-state index contributed by atoms with van der Waals surface area (Å²) in [5, 5.41) is 0. The second kappa shape index (κ2) is 4.95. The van der Waals surface area contributed by atoms with Gasteiger partial charge in [-0.25, -0.2) is 0 Å². The van der Waals surface area contributed by atoms with Crippen molar-refractivity contribution in [1.82, 2.24) is 0 Å². The van der Waals surface area contributed by atoms with Crippen LogP contribution in [0.2, 0.25) is 0 Å². The Morgan fingerprint density at radius 2 is 1.39 bits per heavy atom. The zero-order valence-corrected chi connectivity index (χ0v) is 13.3. The van der Waals surface area contributed by atoms with Gasteiger partial charge >= 0.3 is 0 Å². The third kappa shape index (κ3) is 3.51. The third-order valence-corrected chi connectivity index (χ3v) is 3.56. The van der Waals surface area contributed by atoms with E-state index in [1.54, 1.807) is 0 Å². The summed E-state index contributed by atoms with van der Waals surface area (Å²) in [6.45, 7) is 17.5. The molecule has 0 N–H and O–H groups in total. The predicted octanol–water partition coefficient (Wildman–Crippen LogP) is 5.17. The summed E-state index contributed by atoms with van der Waals surface area (Å²) < 4.78 is 6.18. The first-order valence-electron chi connectivity index (χ1n) is 6.87. The molecule has 0 saturated carbocycles. The Hall–Kier alpha value is -0.980. The molecule has 1 aromatic rings. The van der Waals surface area contributed by atoms with Gasteiger partial charge in [0.15, 0.2) is 0 Å². The van der Waals surface area contributed by atoms with E-state index in [1.807, 2.05) is 0 Å². The van der Waals surface area contributed by atoms with Gasteiger partial charge in [-0.15, -0.1) is 0 Å². The molecule has 0 fully saturated rings. The maximum atomic E-state index is 6.18. The van der Waals surface area contributed by atoms with Crippen molar-refractivity contribution >= 4 is 0 Å². The molecule has 0 aliphatic heterocycles. The van der Waals surface area contributed by atoms with E-state index in [0.717, 1.165) is 12.2 Å². The minimum absolute atomic E-state index is 0.0984. The second-order valence-corrected chi connectivity index (χ2v) is 6.90. The lowest BCUT2D eigenvalue weighted by Gasteiger charge is -2.29. The van der Waals surface area contributed by atoms with Crippen LogP contribution in [0.1, 0.15) is 64.7 Å². The average Bonchev–Trinajstić information content (AvgIpc) is 2.22. The summed E-state index contributed by atoms with van der Waals surface area (Å²) in [5.41, 5.74) is 3.94. The third-order valence-electron chi connectivity index (χ3n) is 3.56. The van der Waals surface area contributed by atoms with Crippen molar-refractivity contribution in [2.24, 2.45) is 0 Å². The van der Waals surface area contributed by atoms with Gasteiger partial charge in [-0.2, -0.15) is 0 Å². The molecule has 1 rings (SSSR count). The van der Waals surface area contributed by atoms with Crippen LogP contribution in [-0.2, 0) is 5.41 Å². The van der Waals surface area contributed by atoms with Crippen molar-refractivity contribution in [3.05, 3.63) is 28.8 Å². The molecule has 0 bridgehead atoms. The van der Waals surface area contributed by atoms with Crippen LogP contribution in [0.15, 0.2) is 12.1 Å². The van der Waals surface area contributed by atoms with E-state index in [4.69, 9.17) is 4.74 Å². The Labute approximate surface area is 113 Å². The Bertz CT molecular complexity index is 399. The molecule has 0 amide bonds. The fraction of sp³-hybridized carbons (Fsp3) is 0.647. The Balaban J connectivity index is 3.18. The van der Waals surface area contributed by atoms with E-state index >= 15 is 0 Å². The predicted molar refractivity (Wildman–Crippen MR) is 79.6 cm³/mol. The van der Waals surface area contributed by atoms with Crippen LogP contribution in [0.4, 0.5) is 0 Å². The lowest BCUT2D eigenvalue weighted by atomic mass is 9.85. The lowest BCUT2D eigenvalue weighted by molar-refractivity contribution is 0.103. The molecule has 1 aromatic carbocycles. The quantitative estimate of drug-likeness (QED) is 0.717. The van der Waals surface area contributed by atoms with Crippen molar-refractivity contribution in [3.8, 4) is 5.75 Å². The van der Waals surface area contributed by atoms with Crippen molar-refractivity contribution in [2.75, 3.05) is 0 Å². The zero-order valence-electron chi connectivity index (χ0n) is 13.3. The van der Waals surface area contributed by atoms with Crippen LogP contribution in [0.25, 0.3) is 0 Å². The SMILES string of the molecule is CCC(C)(C)Oc1c(C)cc(C(C)(C)C)cc1C. The molecule has 18 heavy (non-hydrogen) atoms. The molecule has 102 valence electrons. The van der Waals surface area contributed by atoms with Crippen molar-refractivity contribution in [2.45, 2.75) is 72.8 Å². The molecule has 0 radical (unpaired) electrons. The molecular formula is C17H28O. The first kappa shape index (κ1) is 15.1. The summed E-state index contributed by atoms with van der Waals surface area (Å²) >= 11 is 0. The van der Waals surface area contributed by atoms with Gasteiger partial charge < -0.3 is 4.74 Å². The maximum Gasteiger partial charge on any atom is 0.125 e. The van der Waals surface area contributed by atoms with Crippen LogP contribution in [0.5, 0.6) is 5.75 Å². The zero-order chi connectivity index (χ0) is 14.1. The van der Waals surface area contributed by atoms with Gasteiger partial charge in [0, 0.05) is 0 Å². The first-order chi connectivity index (χ1) is 8.07. The van der Waals surface area contributed by atoms with E-state index in [2.05, 4.69) is 67.5 Å². The molecule has 0 aliphatic carbocycles. The van der Waals surface area contributed by atoms with Crippen molar-refractivity contribution in [3.63, 3.8) is 0 Å². The highest BCUT2D eigenvalue weighted by atomic mass is 16.5. The van der Waals surface area contributed by atoms with E-state index in [9.17, 15) is 0 Å². The number of rotatable bonds is 3. The molecule has 0 heterocycles. The van der Waals surface area contributed by atoms with Gasteiger partial charge in [0.25, 0.3) is 0 Å². The molecule has 1 heteroatoms. The van der Waals surface area contributed by atoms with Crippen LogP contribution < -0.4 is 4.74 Å². The van der Waals surface area contributed by atoms with Gasteiger partial charge in [0.1, 0.15) is 11.4 Å². The van der Waals surface area contributed by atoms with Crippen molar-refractivity contribution < 1.29 is 4.74 Å². The second-order valence-electron chi connectivity index (χ2n) is 6.90. The van der Waals surface area contributed by atoms with Gasteiger partial charge in [0.2, 0.25) is 0 Å². The molecule has 1 nitrogen and oxygen atoms in total. The molecule has 0 atom stereocenters. The number of hydrogen-bond acceptors (Lipinski definition) is 1. The topological polar surface area (TPSA) is 9.23 Å². The highest BCUT2D eigenvalue weighted by Gasteiger charge is 2.21. The average molecular weight is 248 g/mol. The van der Waals surface area contributed by atoms with Crippen LogP contribution in [0, 0.1) is 13.8 Å². The molecule has 0 aliphatic rings. The summed E-state index contributed by atoms with van der Waals surface area (Å²) in [6, 6.07) is 4.52. The number of benzene rings is 1. The Morgan fingerprint density at radius 3 is 1.72 bits per heavy atom. The van der Waals surface area contributed by atoms with E-state index in [0.29, 0.717) is 0 Å². The van der Waals surface area contributed by atoms with Crippen LogP contribution in [-0.4, -0.2) is 5.60 Å². The Morgan fingerprint density at radius 1 is 0.944 bits per heavy atom. The minimum Gasteiger partial charge on any atom is -0.487 e. The summed E-state index contributed by atoms with van der Waals surface area (Å²) in [4.78, 5) is 0. The van der Waals surface area contributed by atoms with Gasteiger partial charge in [0.05, 0.1) is 0 Å². The number of hydrogen-bond donors (Lipinski definition) is 0. The van der Waals surface area contributed by atoms with Crippen LogP contribution in [0.3, 0.4) is 0 Å². The van der Waals surface area contributed by atoms with E-state index in [1.165, 1.54) is 16.7 Å². The van der Waals surface area contributed by atoms with Gasteiger partial charge in [-0.05, 0) is 56.2 Å². The number of aryl methyl sites for hydroxylation is 2. The molecule has 0 saturated heterocycles. The molecule has 0 spiro atoms. The molecule has 0 aromatic heterocycles. The van der Waals surface area contributed by atoms with Crippen LogP contribution >= 0.6 is 0 Å². The summed E-state index contributed by atoms with van der Waals surface area (Å²) in [6.07, 6.45) is 1.01. The highest BCUT2D eigenvalue weighted by molar-refractivity contribution is 5.45. The molecule has 0 unspecified atom stereocenters. The van der Waals surface area contributed by atoms with Gasteiger partial charge in [-0.1, -0.05) is 39.8 Å². The van der Waals surface area contributed by atoms with E-state index < -0.39 is 0 Å². The largest absolute Gasteiger partial charge is 0.487 e. The molecular weight excluding hydrogens is 220 g/mol. The fourth-order valence-electron chi connectivity index (χ4n) is 1.89. The first-order valence-corrected chi connectivity index (χ1v) is 6.87. The standard InChI is InChI=1S/C17H28O/c1-9-17(7,8)18-15-12(2)10-14(11-13(15)3)16(4,5)6/h10-11H,9H2,1-8H3. The van der Waals surface area contributed by atoms with E-state index in [-0.39, 0.29) is 11.0 Å². The summed E-state index contributed by atoms with van der Waals surface area (Å²) in [7, 11) is 0. The highest BCUT2D eigenvalue weighted by Crippen LogP contribution is 2.33. The summed E-state index contributed by atoms with van der Waals surface area (Å²) in [5.74, 6) is 1.05. The monoisotopic (exact) mass is 248 g/mol. The fourth-order valence-corrected chi connectivity index (χ4v) is 1.89. The maximum absolute atomic E-state index is 6.18. The van der Waals surface area contributed by atoms with Gasteiger partial charge in [-0.3, -0.25) is 0 Å².